The summed E-state index contributed by atoms with van der Waals surface area (Å²) in [7, 11) is 0. The lowest BCUT2D eigenvalue weighted by Crippen LogP contribution is -2.51. The summed E-state index contributed by atoms with van der Waals surface area (Å²) >= 11 is 1.79. The van der Waals surface area contributed by atoms with Crippen LogP contribution < -0.4 is 10.6 Å². The van der Waals surface area contributed by atoms with Gasteiger partial charge in [-0.2, -0.15) is 0 Å². The summed E-state index contributed by atoms with van der Waals surface area (Å²) in [6.45, 7) is 10.4. The van der Waals surface area contributed by atoms with Gasteiger partial charge >= 0.3 is 0 Å². The van der Waals surface area contributed by atoms with Crippen molar-refractivity contribution in [1.29, 1.82) is 0 Å². The van der Waals surface area contributed by atoms with Crippen LogP contribution in [0.4, 0.5) is 0 Å². The number of guanidine groups is 1. The van der Waals surface area contributed by atoms with Crippen molar-refractivity contribution in [2.75, 3.05) is 13.1 Å². The average Bonchev–Trinajstić information content (AvgIpc) is 3.08. The van der Waals surface area contributed by atoms with Crippen LogP contribution in [0, 0.1) is 6.92 Å². The van der Waals surface area contributed by atoms with Gasteiger partial charge in [-0.15, -0.1) is 11.3 Å². The van der Waals surface area contributed by atoms with Crippen LogP contribution in [-0.4, -0.2) is 36.0 Å². The van der Waals surface area contributed by atoms with Gasteiger partial charge in [-0.1, -0.05) is 30.3 Å². The molecule has 27 heavy (non-hydrogen) atoms. The number of nitrogens with one attached hydrogen (secondary N) is 2. The zero-order chi connectivity index (χ0) is 19.1. The highest BCUT2D eigenvalue weighted by molar-refractivity contribution is 7.10. The topological polar surface area (TPSA) is 39.7 Å². The number of thiophene rings is 1. The van der Waals surface area contributed by atoms with Gasteiger partial charge in [0.15, 0.2) is 5.96 Å². The number of likely N-dealkylation sites (tertiary alicyclic amines) is 1. The quantitative estimate of drug-likeness (QED) is 0.580. The lowest BCUT2D eigenvalue weighted by molar-refractivity contribution is 0.134. The van der Waals surface area contributed by atoms with Crippen molar-refractivity contribution in [2.45, 2.75) is 58.8 Å². The van der Waals surface area contributed by atoms with Gasteiger partial charge in [-0.05, 0) is 56.2 Å². The Morgan fingerprint density at radius 2 is 2.07 bits per heavy atom. The molecule has 3 rings (SSSR count). The minimum atomic E-state index is 0.481. The maximum absolute atomic E-state index is 4.81. The van der Waals surface area contributed by atoms with E-state index in [9.17, 15) is 0 Å². The summed E-state index contributed by atoms with van der Waals surface area (Å²) < 4.78 is 0. The van der Waals surface area contributed by atoms with E-state index in [0.29, 0.717) is 12.1 Å². The molecule has 1 aliphatic heterocycles. The lowest BCUT2D eigenvalue weighted by Gasteiger charge is -2.38. The predicted molar refractivity (Wildman–Crippen MR) is 116 cm³/mol. The Bertz CT molecular complexity index is 725. The molecular weight excluding hydrogens is 352 g/mol. The van der Waals surface area contributed by atoms with Crippen molar-refractivity contribution < 1.29 is 0 Å². The van der Waals surface area contributed by atoms with E-state index in [-0.39, 0.29) is 0 Å². The maximum atomic E-state index is 4.81. The largest absolute Gasteiger partial charge is 0.357 e. The van der Waals surface area contributed by atoms with Crippen LogP contribution in [0.3, 0.4) is 0 Å². The van der Waals surface area contributed by atoms with Crippen LogP contribution in [0.1, 0.15) is 42.7 Å². The monoisotopic (exact) mass is 384 g/mol. The summed E-state index contributed by atoms with van der Waals surface area (Å²) in [5.74, 6) is 0.944. The first kappa shape index (κ1) is 19.9. The zero-order valence-corrected chi connectivity index (χ0v) is 17.6. The van der Waals surface area contributed by atoms with E-state index in [4.69, 9.17) is 4.99 Å². The standard InChI is InChI=1S/C22H32N4S/c1-4-23-22(24-15-21-17(2)11-13-27-21)25-20-10-12-26(18(3)14-20)16-19-8-6-5-7-9-19/h5-9,11,13,18,20H,4,10,12,14-16H2,1-3H3,(H2,23,24,25). The third kappa shape index (κ3) is 5.81. The molecule has 2 unspecified atom stereocenters. The fourth-order valence-corrected chi connectivity index (χ4v) is 4.46. The molecule has 1 aromatic heterocycles. The van der Waals surface area contributed by atoms with Gasteiger partial charge in [-0.25, -0.2) is 4.99 Å². The second-order valence-electron chi connectivity index (χ2n) is 7.39. The SMILES string of the molecule is CCNC(=NCc1sccc1C)NC1CCN(Cc2ccccc2)C(C)C1. The summed E-state index contributed by atoms with van der Waals surface area (Å²) in [4.78, 5) is 8.75. The van der Waals surface area contributed by atoms with Crippen molar-refractivity contribution in [1.82, 2.24) is 15.5 Å². The molecule has 0 saturated carbocycles. The number of rotatable bonds is 6. The third-order valence-electron chi connectivity index (χ3n) is 5.28. The van der Waals surface area contributed by atoms with Crippen molar-refractivity contribution in [3.63, 3.8) is 0 Å². The number of aliphatic imine (C=N–C) groups is 1. The molecule has 2 aromatic rings. The minimum Gasteiger partial charge on any atom is -0.357 e. The molecule has 4 nitrogen and oxygen atoms in total. The van der Waals surface area contributed by atoms with Gasteiger partial charge in [-0.3, -0.25) is 4.90 Å². The molecule has 2 heterocycles. The molecule has 2 atom stereocenters. The summed E-state index contributed by atoms with van der Waals surface area (Å²) in [5.41, 5.74) is 2.74. The van der Waals surface area contributed by atoms with Crippen molar-refractivity contribution in [3.05, 3.63) is 57.8 Å². The molecule has 0 amide bonds. The van der Waals surface area contributed by atoms with E-state index in [1.54, 1.807) is 11.3 Å². The van der Waals surface area contributed by atoms with Crippen LogP contribution in [0.15, 0.2) is 46.8 Å². The van der Waals surface area contributed by atoms with Crippen LogP contribution in [0.25, 0.3) is 0 Å². The predicted octanol–water partition coefficient (Wildman–Crippen LogP) is 4.16. The summed E-state index contributed by atoms with van der Waals surface area (Å²) in [5, 5.41) is 9.22. The molecule has 2 N–H and O–H groups in total. The highest BCUT2D eigenvalue weighted by atomic mass is 32.1. The minimum absolute atomic E-state index is 0.481. The Morgan fingerprint density at radius 3 is 2.74 bits per heavy atom. The Kier molecular flexibility index (Phi) is 7.30. The van der Waals surface area contributed by atoms with Gasteiger partial charge in [0.25, 0.3) is 0 Å². The van der Waals surface area contributed by atoms with Gasteiger partial charge < -0.3 is 10.6 Å². The molecule has 1 aromatic carbocycles. The zero-order valence-electron chi connectivity index (χ0n) is 16.7. The normalized spacial score (nSPS) is 21.2. The molecule has 0 radical (unpaired) electrons. The first-order valence-electron chi connectivity index (χ1n) is 10.0. The number of benzene rings is 1. The maximum Gasteiger partial charge on any atom is 0.191 e. The third-order valence-corrected chi connectivity index (χ3v) is 6.28. The number of nitrogens with zero attached hydrogens (tertiary/aromatic N) is 2. The van der Waals surface area contributed by atoms with Crippen LogP contribution in [0.5, 0.6) is 0 Å². The first-order valence-corrected chi connectivity index (χ1v) is 10.9. The van der Waals surface area contributed by atoms with Crippen LogP contribution in [0.2, 0.25) is 0 Å². The lowest BCUT2D eigenvalue weighted by atomic mass is 9.97. The molecule has 0 spiro atoms. The van der Waals surface area contributed by atoms with Gasteiger partial charge in [0.1, 0.15) is 0 Å². The Morgan fingerprint density at radius 1 is 1.26 bits per heavy atom. The molecule has 0 bridgehead atoms. The average molecular weight is 385 g/mol. The molecular formula is C22H32N4S. The number of piperidine rings is 1. The smallest absolute Gasteiger partial charge is 0.191 e. The second kappa shape index (κ2) is 9.90. The van der Waals surface area contributed by atoms with E-state index in [0.717, 1.165) is 45.0 Å². The highest BCUT2D eigenvalue weighted by Crippen LogP contribution is 2.20. The number of hydrogen-bond acceptors (Lipinski definition) is 3. The van der Waals surface area contributed by atoms with Crippen molar-refractivity contribution >= 4 is 17.3 Å². The van der Waals surface area contributed by atoms with E-state index >= 15 is 0 Å². The summed E-state index contributed by atoms with van der Waals surface area (Å²) in [6, 6.07) is 14.0. The molecule has 146 valence electrons. The van der Waals surface area contributed by atoms with E-state index in [2.05, 4.69) is 78.1 Å². The van der Waals surface area contributed by atoms with Crippen LogP contribution >= 0.6 is 11.3 Å². The van der Waals surface area contributed by atoms with Crippen molar-refractivity contribution in [3.8, 4) is 0 Å². The van der Waals surface area contributed by atoms with Gasteiger partial charge in [0.05, 0.1) is 6.54 Å². The molecule has 1 saturated heterocycles. The Balaban J connectivity index is 1.54. The van der Waals surface area contributed by atoms with Gasteiger partial charge in [0, 0.05) is 36.6 Å². The van der Waals surface area contributed by atoms with Gasteiger partial charge in [0.2, 0.25) is 0 Å². The number of aryl methyl sites for hydroxylation is 1. The molecule has 0 aliphatic carbocycles. The van der Waals surface area contributed by atoms with Crippen molar-refractivity contribution in [2.24, 2.45) is 4.99 Å². The summed E-state index contributed by atoms with van der Waals surface area (Å²) in [6.07, 6.45) is 2.30. The first-order chi connectivity index (χ1) is 13.2. The highest BCUT2D eigenvalue weighted by Gasteiger charge is 2.25. The Labute approximate surface area is 167 Å². The molecule has 1 fully saturated rings. The van der Waals surface area contributed by atoms with E-state index in [1.807, 2.05) is 0 Å². The Hall–Kier alpha value is -1.85. The van der Waals surface area contributed by atoms with E-state index < -0.39 is 0 Å². The fraction of sp³-hybridized carbons (Fsp3) is 0.500. The molecule has 5 heteroatoms. The van der Waals surface area contributed by atoms with E-state index in [1.165, 1.54) is 16.0 Å². The van der Waals surface area contributed by atoms with Crippen LogP contribution in [-0.2, 0) is 13.1 Å². The molecule has 1 aliphatic rings. The fourth-order valence-electron chi connectivity index (χ4n) is 3.63. The second-order valence-corrected chi connectivity index (χ2v) is 8.39. The number of hydrogen-bond donors (Lipinski definition) is 2.